The minimum absolute atomic E-state index is 0.159. The van der Waals surface area contributed by atoms with Crippen molar-refractivity contribution in [3.8, 4) is 11.5 Å². The van der Waals surface area contributed by atoms with Crippen molar-refractivity contribution in [3.63, 3.8) is 0 Å². The van der Waals surface area contributed by atoms with Gasteiger partial charge in [-0.05, 0) is 43.7 Å². The first-order valence-corrected chi connectivity index (χ1v) is 9.10. The molecule has 7 nitrogen and oxygen atoms in total. The van der Waals surface area contributed by atoms with Crippen LogP contribution in [0.25, 0.3) is 17.0 Å². The average Bonchev–Trinajstić information content (AvgIpc) is 3.08. The Kier molecular flexibility index (Phi) is 6.19. The highest BCUT2D eigenvalue weighted by Crippen LogP contribution is 2.28. The molecular formula is C22H22N2O5. The topological polar surface area (TPSA) is 89.8 Å². The molecule has 2 N–H and O–H groups in total. The van der Waals surface area contributed by atoms with Crippen molar-refractivity contribution < 1.29 is 23.5 Å². The van der Waals surface area contributed by atoms with E-state index in [1.54, 1.807) is 44.4 Å². The molecule has 0 fully saturated rings. The van der Waals surface area contributed by atoms with Crippen molar-refractivity contribution in [2.24, 2.45) is 0 Å². The monoisotopic (exact) mass is 394 g/mol. The molecule has 0 aliphatic heterocycles. The molecule has 0 saturated heterocycles. The van der Waals surface area contributed by atoms with E-state index in [1.807, 2.05) is 25.1 Å². The number of rotatable bonds is 6. The Labute approximate surface area is 168 Å². The number of fused-ring (bicyclic) bond motifs is 1. The van der Waals surface area contributed by atoms with Crippen LogP contribution in [0, 0.1) is 6.92 Å². The zero-order chi connectivity index (χ0) is 20.8. The summed E-state index contributed by atoms with van der Waals surface area (Å²) in [7, 11) is 1.56. The molecule has 1 aromatic heterocycles. The predicted octanol–water partition coefficient (Wildman–Crippen LogP) is 3.62. The lowest BCUT2D eigenvalue weighted by Gasteiger charge is -2.09. The standard InChI is InChI=1S/C22H22N2O5/c1-4-28-19-13-15(9-11-18(19)27-3)10-12-20(25)23-24-22(26)21-14(2)16-7-5-6-8-17(16)29-21/h5-13H,4H2,1-3H3,(H,23,25)(H,24,26)/b12-10+. The van der Waals surface area contributed by atoms with Crippen LogP contribution in [0.1, 0.15) is 28.6 Å². The van der Waals surface area contributed by atoms with Gasteiger partial charge >= 0.3 is 5.91 Å². The summed E-state index contributed by atoms with van der Waals surface area (Å²) >= 11 is 0. The van der Waals surface area contributed by atoms with Gasteiger partial charge in [-0.25, -0.2) is 0 Å². The second kappa shape index (κ2) is 8.97. The van der Waals surface area contributed by atoms with Crippen molar-refractivity contribution in [2.75, 3.05) is 13.7 Å². The number of hydrazine groups is 1. The first kappa shape index (κ1) is 20.0. The number of carbonyl (C=O) groups is 2. The summed E-state index contributed by atoms with van der Waals surface area (Å²) in [5.41, 5.74) is 6.79. The van der Waals surface area contributed by atoms with Gasteiger partial charge in [0.1, 0.15) is 5.58 Å². The summed E-state index contributed by atoms with van der Waals surface area (Å²) in [5, 5.41) is 0.855. The Balaban J connectivity index is 1.62. The number of hydrogen-bond acceptors (Lipinski definition) is 5. The largest absolute Gasteiger partial charge is 0.493 e. The fraction of sp³-hybridized carbons (Fsp3) is 0.182. The average molecular weight is 394 g/mol. The number of ether oxygens (including phenoxy) is 2. The molecule has 0 unspecified atom stereocenters. The Morgan fingerprint density at radius 3 is 2.62 bits per heavy atom. The molecule has 7 heteroatoms. The van der Waals surface area contributed by atoms with Crippen LogP contribution in [-0.2, 0) is 4.79 Å². The Morgan fingerprint density at radius 2 is 1.90 bits per heavy atom. The molecule has 0 atom stereocenters. The number of furan rings is 1. The van der Waals surface area contributed by atoms with E-state index in [9.17, 15) is 9.59 Å². The van der Waals surface area contributed by atoms with Crippen molar-refractivity contribution >= 4 is 28.9 Å². The molecule has 0 radical (unpaired) electrons. The maximum absolute atomic E-state index is 12.3. The number of benzene rings is 2. The second-order valence-electron chi connectivity index (χ2n) is 6.17. The number of carbonyl (C=O) groups excluding carboxylic acids is 2. The summed E-state index contributed by atoms with van der Waals surface area (Å²) < 4.78 is 16.3. The SMILES string of the molecule is CCOc1cc(/C=C/C(=O)NNC(=O)c2oc3ccccc3c2C)ccc1OC. The van der Waals surface area contributed by atoms with Crippen LogP contribution in [0.3, 0.4) is 0 Å². The van der Waals surface area contributed by atoms with Gasteiger partial charge in [0.15, 0.2) is 17.3 Å². The minimum Gasteiger partial charge on any atom is -0.493 e. The fourth-order valence-electron chi connectivity index (χ4n) is 2.84. The van der Waals surface area contributed by atoms with E-state index in [0.717, 1.165) is 10.9 Å². The van der Waals surface area contributed by atoms with Crippen LogP contribution in [-0.4, -0.2) is 25.5 Å². The smallest absolute Gasteiger partial charge is 0.305 e. The van der Waals surface area contributed by atoms with E-state index in [0.29, 0.717) is 29.3 Å². The number of aryl methyl sites for hydroxylation is 1. The van der Waals surface area contributed by atoms with Crippen LogP contribution in [0.4, 0.5) is 0 Å². The van der Waals surface area contributed by atoms with Gasteiger partial charge in [-0.2, -0.15) is 0 Å². The van der Waals surface area contributed by atoms with Gasteiger partial charge in [0.2, 0.25) is 0 Å². The Morgan fingerprint density at radius 1 is 1.10 bits per heavy atom. The Hall–Kier alpha value is -3.74. The summed E-state index contributed by atoms with van der Waals surface area (Å²) in [6.07, 6.45) is 2.92. The van der Waals surface area contributed by atoms with E-state index in [2.05, 4.69) is 10.9 Å². The molecule has 3 aromatic rings. The summed E-state index contributed by atoms with van der Waals surface area (Å²) in [4.78, 5) is 24.4. The van der Waals surface area contributed by atoms with Crippen LogP contribution < -0.4 is 20.3 Å². The normalized spacial score (nSPS) is 10.9. The molecule has 150 valence electrons. The van der Waals surface area contributed by atoms with Crippen LogP contribution >= 0.6 is 0 Å². The van der Waals surface area contributed by atoms with Crippen molar-refractivity contribution in [3.05, 3.63) is 65.4 Å². The van der Waals surface area contributed by atoms with Gasteiger partial charge in [-0.3, -0.25) is 20.4 Å². The summed E-state index contributed by atoms with van der Waals surface area (Å²) in [6.45, 7) is 4.17. The molecule has 3 rings (SSSR count). The third-order valence-electron chi connectivity index (χ3n) is 4.26. The molecule has 29 heavy (non-hydrogen) atoms. The van der Waals surface area contributed by atoms with Gasteiger partial charge in [-0.15, -0.1) is 0 Å². The van der Waals surface area contributed by atoms with Crippen LogP contribution in [0.5, 0.6) is 11.5 Å². The molecule has 0 saturated carbocycles. The lowest BCUT2D eigenvalue weighted by Crippen LogP contribution is -2.40. The molecule has 1 heterocycles. The third kappa shape index (κ3) is 4.57. The van der Waals surface area contributed by atoms with Gasteiger partial charge in [0, 0.05) is 17.0 Å². The summed E-state index contributed by atoms with van der Waals surface area (Å²) in [5.74, 6) is 0.351. The van der Waals surface area contributed by atoms with E-state index in [-0.39, 0.29) is 5.76 Å². The third-order valence-corrected chi connectivity index (χ3v) is 4.26. The molecule has 0 bridgehead atoms. The summed E-state index contributed by atoms with van der Waals surface area (Å²) in [6, 6.07) is 12.7. The number of nitrogens with one attached hydrogen (secondary N) is 2. The number of methoxy groups -OCH3 is 1. The Bertz CT molecular complexity index is 1070. The lowest BCUT2D eigenvalue weighted by atomic mass is 10.1. The quantitative estimate of drug-likeness (QED) is 0.492. The van der Waals surface area contributed by atoms with Crippen molar-refractivity contribution in [1.29, 1.82) is 0 Å². The first-order valence-electron chi connectivity index (χ1n) is 9.10. The van der Waals surface area contributed by atoms with Gasteiger partial charge < -0.3 is 13.9 Å². The molecule has 2 amide bonds. The molecule has 2 aromatic carbocycles. The van der Waals surface area contributed by atoms with Gasteiger partial charge in [0.05, 0.1) is 13.7 Å². The minimum atomic E-state index is -0.525. The number of hydrogen-bond donors (Lipinski definition) is 2. The van der Waals surface area contributed by atoms with E-state index in [1.165, 1.54) is 6.08 Å². The van der Waals surface area contributed by atoms with Crippen LogP contribution in [0.2, 0.25) is 0 Å². The maximum atomic E-state index is 12.3. The van der Waals surface area contributed by atoms with Gasteiger partial charge in [0.25, 0.3) is 5.91 Å². The highest BCUT2D eigenvalue weighted by Gasteiger charge is 2.17. The molecule has 0 aliphatic carbocycles. The van der Waals surface area contributed by atoms with E-state index < -0.39 is 11.8 Å². The van der Waals surface area contributed by atoms with E-state index >= 15 is 0 Å². The van der Waals surface area contributed by atoms with E-state index in [4.69, 9.17) is 13.9 Å². The highest BCUT2D eigenvalue weighted by molar-refractivity contribution is 6.00. The maximum Gasteiger partial charge on any atom is 0.305 e. The van der Waals surface area contributed by atoms with Crippen molar-refractivity contribution in [2.45, 2.75) is 13.8 Å². The highest BCUT2D eigenvalue weighted by atomic mass is 16.5. The molecule has 0 aliphatic rings. The zero-order valence-electron chi connectivity index (χ0n) is 16.4. The number of amides is 2. The lowest BCUT2D eigenvalue weighted by molar-refractivity contribution is -0.117. The molecule has 0 spiro atoms. The van der Waals surface area contributed by atoms with Crippen molar-refractivity contribution in [1.82, 2.24) is 10.9 Å². The van der Waals surface area contributed by atoms with Crippen LogP contribution in [0.15, 0.2) is 53.0 Å². The number of para-hydroxylation sites is 1. The first-order chi connectivity index (χ1) is 14.0. The zero-order valence-corrected chi connectivity index (χ0v) is 16.4. The molecular weight excluding hydrogens is 372 g/mol. The fourth-order valence-corrected chi connectivity index (χ4v) is 2.84. The predicted molar refractivity (Wildman–Crippen MR) is 110 cm³/mol. The van der Waals surface area contributed by atoms with Gasteiger partial charge in [-0.1, -0.05) is 24.3 Å². The second-order valence-corrected chi connectivity index (χ2v) is 6.17.